The predicted octanol–water partition coefficient (Wildman–Crippen LogP) is 11.9. The molecule has 0 radical (unpaired) electrons. The number of cyclic esters (lactones) is 1. The normalized spacial score (nSPS) is 27.9. The van der Waals surface area contributed by atoms with Crippen LogP contribution in [-0.2, 0) is 46.2 Å². The highest BCUT2D eigenvalue weighted by Crippen LogP contribution is 2.66. The highest BCUT2D eigenvalue weighted by Gasteiger charge is 2.66. The van der Waals surface area contributed by atoms with Gasteiger partial charge in [-0.2, -0.15) is 0 Å². The summed E-state index contributed by atoms with van der Waals surface area (Å²) < 4.78 is 24.6. The lowest BCUT2D eigenvalue weighted by atomic mass is 9.44. The topological polar surface area (TPSA) is 112 Å². The minimum atomic E-state index is -0.715. The van der Waals surface area contributed by atoms with Crippen molar-refractivity contribution in [1.29, 1.82) is 0 Å². The molecule has 2 aliphatic carbocycles. The van der Waals surface area contributed by atoms with Crippen molar-refractivity contribution in [2.75, 3.05) is 23.8 Å². The van der Waals surface area contributed by atoms with E-state index in [1.54, 1.807) is 36.4 Å². The zero-order valence-corrected chi connectivity index (χ0v) is 37.2. The Labute approximate surface area is 376 Å². The number of esters is 3. The molecule has 4 aromatic rings. The van der Waals surface area contributed by atoms with Crippen LogP contribution >= 0.6 is 46.4 Å². The molecule has 0 bridgehead atoms. The monoisotopic (exact) mass is 904 g/mol. The summed E-state index contributed by atoms with van der Waals surface area (Å²) in [5.41, 5.74) is 3.49. The molecule has 1 saturated heterocycles. The van der Waals surface area contributed by atoms with E-state index in [0.717, 1.165) is 41.8 Å². The zero-order chi connectivity index (χ0) is 43.1. The molecular weight excluding hydrogens is 858 g/mol. The quantitative estimate of drug-likeness (QED) is 0.106. The molecule has 4 aliphatic rings. The van der Waals surface area contributed by atoms with Gasteiger partial charge in [0.15, 0.2) is 0 Å². The van der Waals surface area contributed by atoms with E-state index < -0.39 is 17.1 Å². The van der Waals surface area contributed by atoms with Crippen LogP contribution in [0.3, 0.4) is 0 Å². The molecule has 13 heteroatoms. The van der Waals surface area contributed by atoms with Gasteiger partial charge in [-0.15, -0.1) is 0 Å². The largest absolute Gasteiger partial charge is 0.465 e. The molecule has 0 spiro atoms. The summed E-state index contributed by atoms with van der Waals surface area (Å²) in [5, 5.41) is 8.49. The Kier molecular flexibility index (Phi) is 12.4. The van der Waals surface area contributed by atoms with Gasteiger partial charge < -0.3 is 29.6 Å². The fraction of sp³-hybridized carbons (Fsp3) is 0.396. The van der Waals surface area contributed by atoms with Gasteiger partial charge in [-0.1, -0.05) is 96.6 Å². The number of anilines is 4. The number of carbonyl (C=O) groups is 3. The third-order valence-electron chi connectivity index (χ3n) is 13.6. The second-order valence-corrected chi connectivity index (χ2v) is 19.1. The van der Waals surface area contributed by atoms with E-state index >= 15 is 0 Å². The molecule has 2 heterocycles. The van der Waals surface area contributed by atoms with Crippen molar-refractivity contribution in [2.45, 2.75) is 83.5 Å². The van der Waals surface area contributed by atoms with Gasteiger partial charge in [0.1, 0.15) is 19.3 Å². The maximum Gasteiger partial charge on any atom is 0.336 e. The van der Waals surface area contributed by atoms with Gasteiger partial charge in [-0.3, -0.25) is 9.59 Å². The van der Waals surface area contributed by atoms with Crippen molar-refractivity contribution in [3.63, 3.8) is 0 Å². The smallest absolute Gasteiger partial charge is 0.336 e. The van der Waals surface area contributed by atoms with Crippen LogP contribution in [0, 0.1) is 22.7 Å². The van der Waals surface area contributed by atoms with Gasteiger partial charge in [0.2, 0.25) is 0 Å². The van der Waals surface area contributed by atoms with Crippen LogP contribution in [0.5, 0.6) is 0 Å². The lowest BCUT2D eigenvalue weighted by molar-refractivity contribution is -0.214. The molecular formula is C48H48Cl4N2O7. The number of rotatable bonds is 12. The summed E-state index contributed by atoms with van der Waals surface area (Å²) in [4.78, 5) is 40.1. The van der Waals surface area contributed by atoms with E-state index in [1.807, 2.05) is 54.6 Å². The van der Waals surface area contributed by atoms with Crippen LogP contribution in [0.1, 0.15) is 64.0 Å². The third-order valence-corrected chi connectivity index (χ3v) is 14.8. The Morgan fingerprint density at radius 3 is 1.79 bits per heavy atom. The summed E-state index contributed by atoms with van der Waals surface area (Å²) in [5.74, 6) is -0.909. The van der Waals surface area contributed by atoms with E-state index in [0.29, 0.717) is 49.9 Å². The number of para-hydroxylation sites is 2. The Hall–Kier alpha value is -4.25. The predicted molar refractivity (Wildman–Crippen MR) is 239 cm³/mol. The maximum atomic E-state index is 13.8. The molecule has 2 N–H and O–H groups in total. The molecule has 61 heavy (non-hydrogen) atoms. The number of fused-ring (bicyclic) bond motifs is 3. The zero-order valence-electron chi connectivity index (χ0n) is 34.2. The first-order valence-electron chi connectivity index (χ1n) is 20.7. The fourth-order valence-corrected chi connectivity index (χ4v) is 11.5. The second-order valence-electron chi connectivity index (χ2n) is 17.4. The summed E-state index contributed by atoms with van der Waals surface area (Å²) >= 11 is 25.4. The van der Waals surface area contributed by atoms with Crippen LogP contribution in [0.25, 0.3) is 0 Å². The lowest BCUT2D eigenvalue weighted by Crippen LogP contribution is -2.62. The maximum absolute atomic E-state index is 13.8. The Bertz CT molecular complexity index is 2320. The van der Waals surface area contributed by atoms with Crippen molar-refractivity contribution in [2.24, 2.45) is 22.7 Å². The molecule has 2 aliphatic heterocycles. The van der Waals surface area contributed by atoms with Crippen LogP contribution in [0.4, 0.5) is 22.7 Å². The van der Waals surface area contributed by atoms with Gasteiger partial charge in [-0.25, -0.2) is 4.79 Å². The van der Waals surface area contributed by atoms with Gasteiger partial charge in [0.05, 0.1) is 61.6 Å². The van der Waals surface area contributed by atoms with Gasteiger partial charge in [-0.05, 0) is 122 Å². The molecule has 8 rings (SSSR count). The van der Waals surface area contributed by atoms with E-state index in [-0.39, 0.29) is 67.3 Å². The standard InChI is InChI=1S/C48H48Cl4N2O7/c1-46-21-19-40(60-42(56)25-29-12-16-31(17-13-29)54-44-35(51)8-5-9-36(44)52)47(2,38(46)18-22-48(3)39(46)26-37(61-48)32-20-23-58-45(32)57)27-59-41(55)24-28-10-14-30(15-11-28)53-43-33(49)6-4-7-34(43)50/h4-17,20,37-40,53-54H,18-19,21-27H2,1-3H3/t37?,38-,39+,40+,46+,47-,48+/m0/s1. The molecule has 1 unspecified atom stereocenters. The molecule has 7 atom stereocenters. The second kappa shape index (κ2) is 17.5. The Balaban J connectivity index is 0.980. The first-order chi connectivity index (χ1) is 29.1. The average Bonchev–Trinajstić information content (AvgIpc) is 3.82. The number of ether oxygens (including phenoxy) is 4. The Morgan fingerprint density at radius 2 is 1.26 bits per heavy atom. The molecule has 9 nitrogen and oxygen atoms in total. The number of benzene rings is 4. The summed E-state index contributed by atoms with van der Waals surface area (Å²) in [6.45, 7) is 6.92. The highest BCUT2D eigenvalue weighted by molar-refractivity contribution is 6.39. The summed E-state index contributed by atoms with van der Waals surface area (Å²) in [7, 11) is 0. The van der Waals surface area contributed by atoms with Gasteiger partial charge >= 0.3 is 17.9 Å². The first kappa shape index (κ1) is 43.4. The molecule has 2 saturated carbocycles. The number of nitrogens with one attached hydrogen (secondary N) is 2. The van der Waals surface area contributed by atoms with Crippen molar-refractivity contribution >= 4 is 87.1 Å². The molecule has 3 fully saturated rings. The molecule has 4 aromatic carbocycles. The minimum Gasteiger partial charge on any atom is -0.465 e. The third kappa shape index (κ3) is 8.87. The molecule has 0 aromatic heterocycles. The van der Waals surface area contributed by atoms with E-state index in [4.69, 9.17) is 65.4 Å². The number of carbonyl (C=O) groups excluding carboxylic acids is 3. The van der Waals surface area contributed by atoms with E-state index in [9.17, 15) is 14.4 Å². The van der Waals surface area contributed by atoms with E-state index in [1.165, 1.54) is 0 Å². The summed E-state index contributed by atoms with van der Waals surface area (Å²) in [6, 6.07) is 25.5. The molecule has 0 amide bonds. The van der Waals surface area contributed by atoms with Crippen LogP contribution in [0.2, 0.25) is 20.1 Å². The van der Waals surface area contributed by atoms with Crippen molar-refractivity contribution in [1.82, 2.24) is 0 Å². The SMILES string of the molecule is C[C@]1(COC(=O)Cc2ccc(Nc3c(Cl)cccc3Cl)cc2)[C@H]2CC[C@@]3(C)OC(C4=CCOC4=O)C[C@@H]3[C@]2(C)CC[C@H]1OC(=O)Cc1ccc(Nc2c(Cl)cccc2Cl)cc1. The van der Waals surface area contributed by atoms with Crippen molar-refractivity contribution in [3.05, 3.63) is 128 Å². The van der Waals surface area contributed by atoms with Gasteiger partial charge in [0.25, 0.3) is 0 Å². The fourth-order valence-electron chi connectivity index (χ4n) is 10.5. The van der Waals surface area contributed by atoms with Crippen LogP contribution in [-0.4, -0.2) is 48.9 Å². The van der Waals surface area contributed by atoms with Crippen LogP contribution < -0.4 is 10.6 Å². The van der Waals surface area contributed by atoms with Crippen molar-refractivity contribution in [3.8, 4) is 0 Å². The van der Waals surface area contributed by atoms with E-state index in [2.05, 4.69) is 31.4 Å². The lowest BCUT2D eigenvalue weighted by Gasteiger charge is -2.62. The first-order valence-corrected chi connectivity index (χ1v) is 22.2. The van der Waals surface area contributed by atoms with Gasteiger partial charge in [0, 0.05) is 16.8 Å². The number of hydrogen-bond acceptors (Lipinski definition) is 9. The van der Waals surface area contributed by atoms with Crippen molar-refractivity contribution < 1.29 is 33.3 Å². The highest BCUT2D eigenvalue weighted by atomic mass is 35.5. The average molecular weight is 907 g/mol. The number of hydrogen-bond donors (Lipinski definition) is 2. The number of halogens is 4. The minimum absolute atomic E-state index is 0.0215. The summed E-state index contributed by atoms with van der Waals surface area (Å²) in [6.07, 6.45) is 4.69. The van der Waals surface area contributed by atoms with Crippen LogP contribution in [0.15, 0.2) is 96.6 Å². The molecule has 320 valence electrons. The Morgan fingerprint density at radius 1 is 0.721 bits per heavy atom.